The van der Waals surface area contributed by atoms with Gasteiger partial charge in [-0.3, -0.25) is 4.90 Å². The second-order valence-corrected chi connectivity index (χ2v) is 8.64. The monoisotopic (exact) mass is 390 g/mol. The topological polar surface area (TPSA) is 38.8 Å². The van der Waals surface area contributed by atoms with Crippen molar-refractivity contribution >= 4 is 23.3 Å². The summed E-state index contributed by atoms with van der Waals surface area (Å²) >= 11 is 6.13. The summed E-state index contributed by atoms with van der Waals surface area (Å²) in [6, 6.07) is 8.90. The fourth-order valence-electron chi connectivity index (χ4n) is 4.49. The van der Waals surface area contributed by atoms with Gasteiger partial charge in [-0.05, 0) is 49.8 Å². The number of carbonyl (C=O) groups excluding carboxylic acids is 1. The highest BCUT2D eigenvalue weighted by atomic mass is 35.5. The summed E-state index contributed by atoms with van der Waals surface area (Å²) in [6.45, 7) is 6.90. The molecule has 0 aromatic heterocycles. The van der Waals surface area contributed by atoms with Crippen LogP contribution in [0.4, 0.5) is 10.5 Å². The number of amides is 2. The van der Waals surface area contributed by atoms with Crippen LogP contribution in [0.2, 0.25) is 5.02 Å². The number of anilines is 1. The number of piperazine rings is 1. The summed E-state index contributed by atoms with van der Waals surface area (Å²) in [5.41, 5.74) is 1.22. The van der Waals surface area contributed by atoms with Gasteiger partial charge < -0.3 is 15.1 Å². The smallest absolute Gasteiger partial charge is 0.317 e. The van der Waals surface area contributed by atoms with Crippen LogP contribution in [0.1, 0.15) is 32.1 Å². The van der Waals surface area contributed by atoms with Crippen molar-refractivity contribution in [1.29, 1.82) is 0 Å². The Morgan fingerprint density at radius 1 is 1.04 bits per heavy atom. The molecule has 1 aliphatic carbocycles. The molecule has 148 valence electrons. The average molecular weight is 391 g/mol. The van der Waals surface area contributed by atoms with Crippen LogP contribution in [0.3, 0.4) is 0 Å². The summed E-state index contributed by atoms with van der Waals surface area (Å²) < 4.78 is 0. The number of likely N-dealkylation sites (tertiary alicyclic amines) is 1. The molecule has 1 aromatic rings. The lowest BCUT2D eigenvalue weighted by Gasteiger charge is -2.43. The first-order valence-corrected chi connectivity index (χ1v) is 10.8. The van der Waals surface area contributed by atoms with Crippen LogP contribution in [-0.2, 0) is 0 Å². The minimum Gasteiger partial charge on any atom is -0.369 e. The first-order valence-electron chi connectivity index (χ1n) is 10.5. The maximum Gasteiger partial charge on any atom is 0.317 e. The Hall–Kier alpha value is -1.46. The molecular weight excluding hydrogens is 360 g/mol. The van der Waals surface area contributed by atoms with Crippen LogP contribution in [0.25, 0.3) is 0 Å². The molecule has 3 fully saturated rings. The molecule has 0 bridgehead atoms. The highest BCUT2D eigenvalue weighted by Gasteiger charge is 2.29. The summed E-state index contributed by atoms with van der Waals surface area (Å²) in [5.74, 6) is 0.724. The van der Waals surface area contributed by atoms with E-state index in [4.69, 9.17) is 11.6 Å². The van der Waals surface area contributed by atoms with Gasteiger partial charge >= 0.3 is 6.03 Å². The van der Waals surface area contributed by atoms with E-state index in [9.17, 15) is 4.79 Å². The van der Waals surface area contributed by atoms with Crippen LogP contribution in [0.5, 0.6) is 0 Å². The van der Waals surface area contributed by atoms with Gasteiger partial charge in [-0.1, -0.05) is 24.1 Å². The van der Waals surface area contributed by atoms with Crippen molar-refractivity contribution in [1.82, 2.24) is 15.1 Å². The van der Waals surface area contributed by atoms with E-state index >= 15 is 0 Å². The quantitative estimate of drug-likeness (QED) is 0.855. The van der Waals surface area contributed by atoms with Gasteiger partial charge in [-0.15, -0.1) is 0 Å². The van der Waals surface area contributed by atoms with E-state index in [1.165, 1.54) is 24.9 Å². The van der Waals surface area contributed by atoms with Gasteiger partial charge in [0.2, 0.25) is 0 Å². The Balaban J connectivity index is 1.19. The molecule has 4 rings (SSSR count). The number of carbonyl (C=O) groups is 1. The molecule has 2 aliphatic heterocycles. The molecule has 0 unspecified atom stereocenters. The number of nitrogens with zero attached hydrogens (tertiary/aromatic N) is 3. The largest absolute Gasteiger partial charge is 0.369 e. The average Bonchev–Trinajstić information content (AvgIpc) is 2.67. The van der Waals surface area contributed by atoms with E-state index in [0.717, 1.165) is 69.6 Å². The molecular formula is C21H31ClN4O. The molecule has 2 heterocycles. The lowest BCUT2D eigenvalue weighted by molar-refractivity contribution is 0.111. The SMILES string of the molecule is O=C(NCC1CCC1)N1CCC(N2CCN(c3cccc(Cl)c3)CC2)CC1. The third-order valence-corrected chi connectivity index (χ3v) is 6.76. The molecule has 3 aliphatic rings. The Kier molecular flexibility index (Phi) is 6.08. The number of urea groups is 1. The number of benzene rings is 1. The van der Waals surface area contributed by atoms with Crippen molar-refractivity contribution in [2.75, 3.05) is 50.7 Å². The maximum absolute atomic E-state index is 12.3. The van der Waals surface area contributed by atoms with Crippen LogP contribution in [0.15, 0.2) is 24.3 Å². The van der Waals surface area contributed by atoms with E-state index in [1.54, 1.807) is 0 Å². The Morgan fingerprint density at radius 2 is 1.78 bits per heavy atom. The molecule has 5 nitrogen and oxygen atoms in total. The number of hydrogen-bond acceptors (Lipinski definition) is 3. The number of halogens is 1. The maximum atomic E-state index is 12.3. The molecule has 2 amide bonds. The highest BCUT2D eigenvalue weighted by Crippen LogP contribution is 2.26. The third kappa shape index (κ3) is 4.69. The summed E-state index contributed by atoms with van der Waals surface area (Å²) in [6.07, 6.45) is 6.07. The van der Waals surface area contributed by atoms with Gasteiger partial charge in [-0.25, -0.2) is 4.79 Å². The molecule has 1 saturated carbocycles. The molecule has 0 radical (unpaired) electrons. The normalized spacial score (nSPS) is 22.6. The first-order chi connectivity index (χ1) is 13.2. The number of nitrogens with one attached hydrogen (secondary N) is 1. The summed E-state index contributed by atoms with van der Waals surface area (Å²) in [7, 11) is 0. The van der Waals surface area contributed by atoms with E-state index in [2.05, 4.69) is 27.2 Å². The molecule has 1 aromatic carbocycles. The fraction of sp³-hybridized carbons (Fsp3) is 0.667. The van der Waals surface area contributed by atoms with Gasteiger partial charge in [0, 0.05) is 62.6 Å². The fourth-order valence-corrected chi connectivity index (χ4v) is 4.68. The highest BCUT2D eigenvalue weighted by molar-refractivity contribution is 6.30. The Labute approximate surface area is 167 Å². The van der Waals surface area contributed by atoms with Crippen molar-refractivity contribution in [3.05, 3.63) is 29.3 Å². The lowest BCUT2D eigenvalue weighted by Crippen LogP contribution is -2.55. The molecule has 6 heteroatoms. The van der Waals surface area contributed by atoms with Crippen LogP contribution >= 0.6 is 11.6 Å². The van der Waals surface area contributed by atoms with Crippen LogP contribution in [-0.4, -0.2) is 67.7 Å². The van der Waals surface area contributed by atoms with Crippen LogP contribution < -0.4 is 10.2 Å². The first kappa shape index (κ1) is 18.9. The number of hydrogen-bond donors (Lipinski definition) is 1. The van der Waals surface area contributed by atoms with E-state index < -0.39 is 0 Å². The summed E-state index contributed by atoms with van der Waals surface area (Å²) in [4.78, 5) is 19.4. The molecule has 0 atom stereocenters. The van der Waals surface area contributed by atoms with Gasteiger partial charge in [0.05, 0.1) is 0 Å². The van der Waals surface area contributed by atoms with Gasteiger partial charge in [0.25, 0.3) is 0 Å². The standard InChI is InChI=1S/C21H31ClN4O/c22-18-5-2-6-20(15-18)25-13-11-24(12-14-25)19-7-9-26(10-8-19)21(27)23-16-17-3-1-4-17/h2,5-6,15,17,19H,1,3-4,7-14,16H2,(H,23,27). The zero-order valence-electron chi connectivity index (χ0n) is 16.1. The minimum atomic E-state index is 0.145. The number of piperidine rings is 1. The van der Waals surface area contributed by atoms with E-state index in [-0.39, 0.29) is 6.03 Å². The van der Waals surface area contributed by atoms with Crippen LogP contribution in [0, 0.1) is 5.92 Å². The van der Waals surface area contributed by atoms with Crippen molar-refractivity contribution in [2.24, 2.45) is 5.92 Å². The Morgan fingerprint density at radius 3 is 2.41 bits per heavy atom. The van der Waals surface area contributed by atoms with Crippen molar-refractivity contribution in [2.45, 2.75) is 38.1 Å². The molecule has 2 saturated heterocycles. The van der Waals surface area contributed by atoms with E-state index in [0.29, 0.717) is 6.04 Å². The van der Waals surface area contributed by atoms with Crippen molar-refractivity contribution in [3.8, 4) is 0 Å². The molecule has 1 N–H and O–H groups in total. The van der Waals surface area contributed by atoms with Crippen molar-refractivity contribution < 1.29 is 4.79 Å². The molecule has 0 spiro atoms. The molecule has 27 heavy (non-hydrogen) atoms. The zero-order valence-corrected chi connectivity index (χ0v) is 16.8. The lowest BCUT2D eigenvalue weighted by atomic mass is 9.85. The summed E-state index contributed by atoms with van der Waals surface area (Å²) in [5, 5.41) is 3.94. The Bertz CT molecular complexity index is 635. The zero-order chi connectivity index (χ0) is 18.6. The van der Waals surface area contributed by atoms with Gasteiger partial charge in [-0.2, -0.15) is 0 Å². The second-order valence-electron chi connectivity index (χ2n) is 8.20. The number of rotatable bonds is 4. The second kappa shape index (κ2) is 8.70. The predicted octanol–water partition coefficient (Wildman–Crippen LogP) is 3.44. The van der Waals surface area contributed by atoms with Gasteiger partial charge in [0.1, 0.15) is 0 Å². The van der Waals surface area contributed by atoms with Crippen molar-refractivity contribution in [3.63, 3.8) is 0 Å². The third-order valence-electron chi connectivity index (χ3n) is 6.52. The predicted molar refractivity (Wildman–Crippen MR) is 111 cm³/mol. The van der Waals surface area contributed by atoms with Gasteiger partial charge in [0.15, 0.2) is 0 Å². The minimum absolute atomic E-state index is 0.145. The van der Waals surface area contributed by atoms with E-state index in [1.807, 2.05) is 17.0 Å².